The highest BCUT2D eigenvalue weighted by atomic mass is 16.5. The Hall–Kier alpha value is -4.08. The van der Waals surface area contributed by atoms with Crippen LogP contribution in [0.2, 0.25) is 0 Å². The smallest absolute Gasteiger partial charge is 0.340 e. The standard InChI is InChI=1S/C21H22N4O6/c1-12-16(24-25(23-12)13-9-7-6-8-10-13)20(26)22-17-14(21(27)31-5)11-15(28-2)18(29-3)19(17)30-4/h6-11H,1-5H3,(H,22,26). The van der Waals surface area contributed by atoms with Crippen molar-refractivity contribution in [3.05, 3.63) is 53.3 Å². The summed E-state index contributed by atoms with van der Waals surface area (Å²) in [6.45, 7) is 1.66. The molecular formula is C21H22N4O6. The highest BCUT2D eigenvalue weighted by Gasteiger charge is 2.28. The fraction of sp³-hybridized carbons (Fsp3) is 0.238. The van der Waals surface area contributed by atoms with Gasteiger partial charge in [-0.25, -0.2) is 4.79 Å². The SMILES string of the molecule is COC(=O)c1cc(OC)c(OC)c(OC)c1NC(=O)c1nn(-c2ccccc2)nc1C. The Morgan fingerprint density at radius 3 is 2.19 bits per heavy atom. The average molecular weight is 426 g/mol. The highest BCUT2D eigenvalue weighted by Crippen LogP contribution is 2.45. The molecule has 10 heteroatoms. The molecule has 0 unspecified atom stereocenters. The Labute approximate surface area is 178 Å². The Kier molecular flexibility index (Phi) is 6.39. The molecule has 10 nitrogen and oxygen atoms in total. The first-order valence-corrected chi connectivity index (χ1v) is 9.17. The number of esters is 1. The molecule has 0 bridgehead atoms. The van der Waals surface area contributed by atoms with Gasteiger partial charge in [-0.2, -0.15) is 9.90 Å². The van der Waals surface area contributed by atoms with Crippen LogP contribution in [0, 0.1) is 6.92 Å². The number of carbonyl (C=O) groups is 2. The molecule has 3 aromatic rings. The van der Waals surface area contributed by atoms with Crippen molar-refractivity contribution in [1.29, 1.82) is 0 Å². The molecule has 162 valence electrons. The number of nitrogens with zero attached hydrogens (tertiary/aromatic N) is 3. The Balaban J connectivity index is 2.06. The Bertz CT molecular complexity index is 1110. The van der Waals surface area contributed by atoms with Crippen LogP contribution in [0.1, 0.15) is 26.5 Å². The van der Waals surface area contributed by atoms with E-state index in [4.69, 9.17) is 18.9 Å². The largest absolute Gasteiger partial charge is 0.493 e. The van der Waals surface area contributed by atoms with E-state index in [0.717, 1.165) is 0 Å². The van der Waals surface area contributed by atoms with Gasteiger partial charge in [0.2, 0.25) is 5.75 Å². The molecule has 31 heavy (non-hydrogen) atoms. The monoisotopic (exact) mass is 426 g/mol. The van der Waals surface area contributed by atoms with E-state index in [-0.39, 0.29) is 34.2 Å². The number of benzene rings is 2. The first kappa shape index (κ1) is 21.6. The number of nitrogens with one attached hydrogen (secondary N) is 1. The maximum Gasteiger partial charge on any atom is 0.340 e. The second kappa shape index (κ2) is 9.16. The van der Waals surface area contributed by atoms with Gasteiger partial charge in [0.05, 0.1) is 45.4 Å². The van der Waals surface area contributed by atoms with Crippen LogP contribution in [0.15, 0.2) is 36.4 Å². The first-order valence-electron chi connectivity index (χ1n) is 9.17. The van der Waals surface area contributed by atoms with E-state index < -0.39 is 11.9 Å². The predicted octanol–water partition coefficient (Wildman–Crippen LogP) is 2.64. The minimum atomic E-state index is -0.695. The molecule has 0 saturated heterocycles. The van der Waals surface area contributed by atoms with E-state index in [1.165, 1.54) is 39.3 Å². The van der Waals surface area contributed by atoms with Crippen LogP contribution < -0.4 is 19.5 Å². The quantitative estimate of drug-likeness (QED) is 0.574. The number of ether oxygens (including phenoxy) is 4. The molecule has 0 fully saturated rings. The highest BCUT2D eigenvalue weighted by molar-refractivity contribution is 6.09. The molecule has 0 radical (unpaired) electrons. The summed E-state index contributed by atoms with van der Waals surface area (Å²) in [7, 11) is 5.44. The summed E-state index contributed by atoms with van der Waals surface area (Å²) >= 11 is 0. The van der Waals surface area contributed by atoms with Crippen molar-refractivity contribution in [2.24, 2.45) is 0 Å². The lowest BCUT2D eigenvalue weighted by Crippen LogP contribution is -2.18. The fourth-order valence-corrected chi connectivity index (χ4v) is 2.99. The summed E-state index contributed by atoms with van der Waals surface area (Å²) in [5, 5.41) is 11.3. The van der Waals surface area contributed by atoms with Gasteiger partial charge in [-0.15, -0.1) is 5.10 Å². The number of hydrogen-bond donors (Lipinski definition) is 1. The van der Waals surface area contributed by atoms with E-state index in [0.29, 0.717) is 11.4 Å². The fourth-order valence-electron chi connectivity index (χ4n) is 2.99. The lowest BCUT2D eigenvalue weighted by atomic mass is 10.1. The number of hydrogen-bond acceptors (Lipinski definition) is 8. The molecule has 3 rings (SSSR count). The summed E-state index contributed by atoms with van der Waals surface area (Å²) in [6.07, 6.45) is 0. The molecule has 0 aliphatic heterocycles. The second-order valence-electron chi connectivity index (χ2n) is 6.27. The molecule has 0 aliphatic rings. The molecule has 0 aliphatic carbocycles. The number of carbonyl (C=O) groups excluding carboxylic acids is 2. The molecule has 2 aromatic carbocycles. The van der Waals surface area contributed by atoms with Crippen LogP contribution in [-0.2, 0) is 4.74 Å². The van der Waals surface area contributed by atoms with Gasteiger partial charge in [-0.05, 0) is 19.1 Å². The van der Waals surface area contributed by atoms with Crippen molar-refractivity contribution in [3.8, 4) is 22.9 Å². The third-order valence-electron chi connectivity index (χ3n) is 4.46. The first-order chi connectivity index (χ1) is 14.9. The van der Waals surface area contributed by atoms with E-state index in [2.05, 4.69) is 15.5 Å². The van der Waals surface area contributed by atoms with E-state index in [1.807, 2.05) is 30.3 Å². The topological polar surface area (TPSA) is 114 Å². The van der Waals surface area contributed by atoms with Gasteiger partial charge < -0.3 is 24.3 Å². The number of rotatable bonds is 7. The van der Waals surface area contributed by atoms with Gasteiger partial charge in [0.25, 0.3) is 5.91 Å². The predicted molar refractivity (Wildman–Crippen MR) is 111 cm³/mol. The van der Waals surface area contributed by atoms with Gasteiger partial charge >= 0.3 is 5.97 Å². The van der Waals surface area contributed by atoms with Crippen LogP contribution in [0.25, 0.3) is 5.69 Å². The van der Waals surface area contributed by atoms with E-state index >= 15 is 0 Å². The maximum atomic E-state index is 13.1. The van der Waals surface area contributed by atoms with E-state index in [9.17, 15) is 9.59 Å². The molecule has 1 aromatic heterocycles. The number of aromatic nitrogens is 3. The molecule has 1 amide bonds. The Morgan fingerprint density at radius 1 is 0.935 bits per heavy atom. The van der Waals surface area contributed by atoms with Crippen molar-refractivity contribution < 1.29 is 28.5 Å². The van der Waals surface area contributed by atoms with Crippen molar-refractivity contribution in [2.45, 2.75) is 6.92 Å². The molecule has 1 heterocycles. The van der Waals surface area contributed by atoms with Gasteiger partial charge in [0, 0.05) is 6.07 Å². The molecule has 0 atom stereocenters. The van der Waals surface area contributed by atoms with Crippen molar-refractivity contribution in [1.82, 2.24) is 15.0 Å². The van der Waals surface area contributed by atoms with E-state index in [1.54, 1.807) is 6.92 Å². The van der Waals surface area contributed by atoms with Gasteiger partial charge in [-0.3, -0.25) is 4.79 Å². The summed E-state index contributed by atoms with van der Waals surface area (Å²) < 4.78 is 20.9. The zero-order chi connectivity index (χ0) is 22.5. The minimum absolute atomic E-state index is 0.0263. The Morgan fingerprint density at radius 2 is 1.61 bits per heavy atom. The van der Waals surface area contributed by atoms with Crippen molar-refractivity contribution in [2.75, 3.05) is 33.8 Å². The number of methoxy groups -OCH3 is 4. The van der Waals surface area contributed by atoms with Crippen LogP contribution in [0.5, 0.6) is 17.2 Å². The zero-order valence-corrected chi connectivity index (χ0v) is 17.8. The van der Waals surface area contributed by atoms with Crippen molar-refractivity contribution in [3.63, 3.8) is 0 Å². The number of para-hydroxylation sites is 1. The normalized spacial score (nSPS) is 10.4. The average Bonchev–Trinajstić information content (AvgIpc) is 3.20. The van der Waals surface area contributed by atoms with Crippen LogP contribution in [-0.4, -0.2) is 55.3 Å². The summed E-state index contributed by atoms with van der Waals surface area (Å²) in [5.41, 5.74) is 1.27. The lowest BCUT2D eigenvalue weighted by molar-refractivity contribution is 0.0601. The number of amides is 1. The molecule has 1 N–H and O–H groups in total. The van der Waals surface area contributed by atoms with Crippen LogP contribution in [0.3, 0.4) is 0 Å². The second-order valence-corrected chi connectivity index (χ2v) is 6.27. The third kappa shape index (κ3) is 4.13. The molecule has 0 spiro atoms. The summed E-state index contributed by atoms with van der Waals surface area (Å²) in [4.78, 5) is 26.8. The molecule has 0 saturated carbocycles. The number of anilines is 1. The maximum absolute atomic E-state index is 13.1. The third-order valence-corrected chi connectivity index (χ3v) is 4.46. The summed E-state index contributed by atoms with van der Waals surface area (Å²) in [5.74, 6) is -0.736. The number of aryl methyl sites for hydroxylation is 1. The molecular weight excluding hydrogens is 404 g/mol. The van der Waals surface area contributed by atoms with Gasteiger partial charge in [0.1, 0.15) is 5.69 Å². The zero-order valence-electron chi connectivity index (χ0n) is 17.8. The van der Waals surface area contributed by atoms with Crippen LogP contribution >= 0.6 is 0 Å². The lowest BCUT2D eigenvalue weighted by Gasteiger charge is -2.19. The summed E-state index contributed by atoms with van der Waals surface area (Å²) in [6, 6.07) is 10.6. The van der Waals surface area contributed by atoms with Gasteiger partial charge in [-0.1, -0.05) is 18.2 Å². The van der Waals surface area contributed by atoms with Gasteiger partial charge in [0.15, 0.2) is 17.2 Å². The van der Waals surface area contributed by atoms with Crippen LogP contribution in [0.4, 0.5) is 5.69 Å². The minimum Gasteiger partial charge on any atom is -0.493 e. The van der Waals surface area contributed by atoms with Crippen molar-refractivity contribution >= 4 is 17.6 Å².